The van der Waals surface area contributed by atoms with Crippen molar-refractivity contribution in [2.45, 2.75) is 26.4 Å². The molecule has 0 aliphatic heterocycles. The van der Waals surface area contributed by atoms with Gasteiger partial charge in [0.25, 0.3) is 0 Å². The number of rotatable bonds is 4. The van der Waals surface area contributed by atoms with Crippen LogP contribution in [0.15, 0.2) is 24.3 Å². The van der Waals surface area contributed by atoms with Crippen molar-refractivity contribution in [3.05, 3.63) is 29.8 Å². The Morgan fingerprint density at radius 2 is 1.94 bits per heavy atom. The van der Waals surface area contributed by atoms with Crippen molar-refractivity contribution >= 4 is 0 Å². The van der Waals surface area contributed by atoms with Crippen LogP contribution in [-0.4, -0.2) is 12.8 Å². The molecule has 0 heterocycles. The van der Waals surface area contributed by atoms with E-state index in [9.17, 15) is 13.2 Å². The summed E-state index contributed by atoms with van der Waals surface area (Å²) in [6.45, 7) is 2.88. The lowest BCUT2D eigenvalue weighted by Gasteiger charge is -2.11. The summed E-state index contributed by atoms with van der Waals surface area (Å²) in [7, 11) is 0. The predicted molar refractivity (Wildman–Crippen MR) is 56.5 cm³/mol. The number of alkyl halides is 3. The summed E-state index contributed by atoms with van der Waals surface area (Å²) in [5.41, 5.74) is 0.995. The van der Waals surface area contributed by atoms with Crippen LogP contribution < -0.4 is 4.74 Å². The van der Waals surface area contributed by atoms with E-state index in [4.69, 9.17) is 0 Å². The third-order valence-corrected chi connectivity index (χ3v) is 1.94. The van der Waals surface area contributed by atoms with E-state index in [1.807, 2.05) is 6.07 Å². The van der Waals surface area contributed by atoms with E-state index in [1.165, 1.54) is 6.07 Å². The second kappa shape index (κ2) is 5.23. The zero-order valence-corrected chi connectivity index (χ0v) is 9.34. The van der Waals surface area contributed by atoms with Crippen molar-refractivity contribution in [1.29, 1.82) is 0 Å². The summed E-state index contributed by atoms with van der Waals surface area (Å²) in [5.74, 6) is 0.744. The third kappa shape index (κ3) is 5.05. The van der Waals surface area contributed by atoms with Gasteiger partial charge >= 0.3 is 6.18 Å². The average Bonchev–Trinajstić information content (AvgIpc) is 2.13. The number of halogens is 3. The van der Waals surface area contributed by atoms with Gasteiger partial charge in [-0.3, -0.25) is 0 Å². The number of hydrogen-bond acceptors (Lipinski definition) is 1. The van der Waals surface area contributed by atoms with Crippen LogP contribution in [0, 0.1) is 5.92 Å². The number of ether oxygens (including phenoxy) is 1. The maximum atomic E-state index is 11.9. The van der Waals surface area contributed by atoms with Crippen molar-refractivity contribution < 1.29 is 17.9 Å². The van der Waals surface area contributed by atoms with Gasteiger partial charge in [-0.25, -0.2) is 0 Å². The van der Waals surface area contributed by atoms with Crippen LogP contribution in [0.3, 0.4) is 0 Å². The molecule has 1 rings (SSSR count). The van der Waals surface area contributed by atoms with Crippen LogP contribution in [0.5, 0.6) is 5.75 Å². The van der Waals surface area contributed by atoms with Crippen LogP contribution in [0.4, 0.5) is 13.2 Å². The summed E-state index contributed by atoms with van der Waals surface area (Å²) in [5, 5.41) is 0. The van der Waals surface area contributed by atoms with Crippen LogP contribution in [0.25, 0.3) is 0 Å². The van der Waals surface area contributed by atoms with Gasteiger partial charge in [-0.1, -0.05) is 26.0 Å². The maximum absolute atomic E-state index is 11.9. The van der Waals surface area contributed by atoms with Crippen molar-refractivity contribution in [3.63, 3.8) is 0 Å². The molecule has 0 bridgehead atoms. The minimum Gasteiger partial charge on any atom is -0.484 e. The highest BCUT2D eigenvalue weighted by atomic mass is 19.4. The first-order valence-corrected chi connectivity index (χ1v) is 5.15. The highest BCUT2D eigenvalue weighted by Crippen LogP contribution is 2.20. The zero-order chi connectivity index (χ0) is 12.2. The molecule has 0 aliphatic rings. The van der Waals surface area contributed by atoms with Crippen molar-refractivity contribution in [1.82, 2.24) is 0 Å². The Hall–Kier alpha value is -1.19. The first-order chi connectivity index (χ1) is 7.37. The summed E-state index contributed by atoms with van der Waals surface area (Å²) in [6.07, 6.45) is -3.45. The molecule has 0 spiro atoms. The number of benzene rings is 1. The molecule has 0 aromatic heterocycles. The molecule has 0 saturated heterocycles. The van der Waals surface area contributed by atoms with Crippen molar-refractivity contribution in [2.24, 2.45) is 5.92 Å². The molecule has 0 atom stereocenters. The Kier molecular flexibility index (Phi) is 4.21. The lowest BCUT2D eigenvalue weighted by Crippen LogP contribution is -2.19. The fraction of sp³-hybridized carbons (Fsp3) is 0.500. The molecule has 0 unspecified atom stereocenters. The van der Waals surface area contributed by atoms with Gasteiger partial charge in [0.1, 0.15) is 5.75 Å². The van der Waals surface area contributed by atoms with Gasteiger partial charge in [-0.2, -0.15) is 13.2 Å². The molecule has 0 fully saturated rings. The van der Waals surface area contributed by atoms with Crippen molar-refractivity contribution in [2.75, 3.05) is 6.61 Å². The van der Waals surface area contributed by atoms with Gasteiger partial charge in [0.2, 0.25) is 0 Å². The second-order valence-electron chi connectivity index (χ2n) is 4.15. The first kappa shape index (κ1) is 12.9. The standard InChI is InChI=1S/C12H15F3O/c1-9(2)6-10-4-3-5-11(7-10)16-8-12(13,14)15/h3-5,7,9H,6,8H2,1-2H3. The van der Waals surface area contributed by atoms with Gasteiger partial charge < -0.3 is 4.74 Å². The van der Waals surface area contributed by atoms with E-state index in [2.05, 4.69) is 18.6 Å². The van der Waals surface area contributed by atoms with Crippen LogP contribution in [0.1, 0.15) is 19.4 Å². The molecule has 16 heavy (non-hydrogen) atoms. The quantitative estimate of drug-likeness (QED) is 0.766. The van der Waals surface area contributed by atoms with E-state index in [0.717, 1.165) is 12.0 Å². The van der Waals surface area contributed by atoms with Crippen LogP contribution in [-0.2, 0) is 6.42 Å². The molecule has 0 amide bonds. The Morgan fingerprint density at radius 3 is 2.50 bits per heavy atom. The molecule has 0 saturated carbocycles. The molecule has 90 valence electrons. The van der Waals surface area contributed by atoms with Crippen molar-refractivity contribution in [3.8, 4) is 5.75 Å². The molecule has 1 aromatic carbocycles. The van der Waals surface area contributed by atoms with E-state index >= 15 is 0 Å². The van der Waals surface area contributed by atoms with E-state index in [1.54, 1.807) is 12.1 Å². The first-order valence-electron chi connectivity index (χ1n) is 5.15. The van der Waals surface area contributed by atoms with E-state index in [-0.39, 0.29) is 5.75 Å². The molecule has 1 aromatic rings. The maximum Gasteiger partial charge on any atom is 0.422 e. The highest BCUT2D eigenvalue weighted by molar-refractivity contribution is 5.28. The number of hydrogen-bond donors (Lipinski definition) is 0. The minimum atomic E-state index is -4.28. The topological polar surface area (TPSA) is 9.23 Å². The largest absolute Gasteiger partial charge is 0.484 e. The van der Waals surface area contributed by atoms with Gasteiger partial charge in [-0.15, -0.1) is 0 Å². The van der Waals surface area contributed by atoms with Gasteiger partial charge in [-0.05, 0) is 30.0 Å². The lowest BCUT2D eigenvalue weighted by atomic mass is 10.0. The molecular weight excluding hydrogens is 217 g/mol. The molecule has 1 nitrogen and oxygen atoms in total. The highest BCUT2D eigenvalue weighted by Gasteiger charge is 2.28. The normalized spacial score (nSPS) is 11.9. The average molecular weight is 232 g/mol. The fourth-order valence-electron chi connectivity index (χ4n) is 1.40. The predicted octanol–water partition coefficient (Wildman–Crippen LogP) is 3.83. The Bertz CT molecular complexity index is 331. The molecule has 0 N–H and O–H groups in total. The van der Waals surface area contributed by atoms with Crippen LogP contribution in [0.2, 0.25) is 0 Å². The lowest BCUT2D eigenvalue weighted by molar-refractivity contribution is -0.153. The van der Waals surface area contributed by atoms with E-state index in [0.29, 0.717) is 5.92 Å². The molecule has 4 heteroatoms. The molecular formula is C12H15F3O. The molecule has 0 aliphatic carbocycles. The summed E-state index contributed by atoms with van der Waals surface area (Å²) in [6, 6.07) is 6.80. The van der Waals surface area contributed by atoms with E-state index < -0.39 is 12.8 Å². The second-order valence-corrected chi connectivity index (χ2v) is 4.15. The summed E-state index contributed by atoms with van der Waals surface area (Å²) >= 11 is 0. The Morgan fingerprint density at radius 1 is 1.25 bits per heavy atom. The minimum absolute atomic E-state index is 0.274. The van der Waals surface area contributed by atoms with Gasteiger partial charge in [0.15, 0.2) is 6.61 Å². The monoisotopic (exact) mass is 232 g/mol. The molecule has 0 radical (unpaired) electrons. The smallest absolute Gasteiger partial charge is 0.422 e. The van der Waals surface area contributed by atoms with Crippen LogP contribution >= 0.6 is 0 Å². The Balaban J connectivity index is 2.60. The SMILES string of the molecule is CC(C)Cc1cccc(OCC(F)(F)F)c1. The van der Waals surface area contributed by atoms with Gasteiger partial charge in [0, 0.05) is 0 Å². The van der Waals surface area contributed by atoms with Gasteiger partial charge in [0.05, 0.1) is 0 Å². The summed E-state index contributed by atoms with van der Waals surface area (Å²) < 4.78 is 40.4. The fourth-order valence-corrected chi connectivity index (χ4v) is 1.40. The zero-order valence-electron chi connectivity index (χ0n) is 9.34. The summed E-state index contributed by atoms with van der Waals surface area (Å²) in [4.78, 5) is 0. The Labute approximate surface area is 93.2 Å². The third-order valence-electron chi connectivity index (χ3n) is 1.94.